The van der Waals surface area contributed by atoms with Crippen LogP contribution < -0.4 is 5.32 Å². The first kappa shape index (κ1) is 16.4. The summed E-state index contributed by atoms with van der Waals surface area (Å²) in [5.41, 5.74) is 1.58. The largest absolute Gasteiger partial charge is 0.362 e. The van der Waals surface area contributed by atoms with Gasteiger partial charge in [0.05, 0.1) is 0 Å². The first-order chi connectivity index (χ1) is 11.6. The van der Waals surface area contributed by atoms with E-state index in [9.17, 15) is 4.79 Å². The molecule has 1 aliphatic rings. The standard InChI is InChI=1S/C18H23N5O/c1-14(15-6-4-3-5-7-15)19-17-9-8-16(20-21-17)18(24)23-12-10-22(2)11-13-23/h3-9,14H,10-13H2,1-2H3,(H,19,21). The fourth-order valence-corrected chi connectivity index (χ4v) is 2.74. The molecule has 126 valence electrons. The highest BCUT2D eigenvalue weighted by Crippen LogP contribution is 2.17. The molecule has 1 aromatic carbocycles. The van der Waals surface area contributed by atoms with E-state index in [2.05, 4.69) is 46.5 Å². The highest BCUT2D eigenvalue weighted by atomic mass is 16.2. The maximum atomic E-state index is 12.4. The lowest BCUT2D eigenvalue weighted by molar-refractivity contribution is 0.0657. The topological polar surface area (TPSA) is 61.4 Å². The van der Waals surface area contributed by atoms with E-state index in [0.717, 1.165) is 26.2 Å². The van der Waals surface area contributed by atoms with Gasteiger partial charge in [0.1, 0.15) is 5.82 Å². The van der Waals surface area contributed by atoms with Gasteiger partial charge in [0.15, 0.2) is 5.69 Å². The summed E-state index contributed by atoms with van der Waals surface area (Å²) in [6.45, 7) is 5.34. The second-order valence-electron chi connectivity index (χ2n) is 6.18. The van der Waals surface area contributed by atoms with Gasteiger partial charge < -0.3 is 15.1 Å². The minimum atomic E-state index is -0.0433. The molecule has 2 aromatic rings. The summed E-state index contributed by atoms with van der Waals surface area (Å²) in [6.07, 6.45) is 0. The molecule has 0 bridgehead atoms. The predicted molar refractivity (Wildman–Crippen MR) is 93.9 cm³/mol. The van der Waals surface area contributed by atoms with Gasteiger partial charge >= 0.3 is 0 Å². The molecule has 1 unspecified atom stereocenters. The van der Waals surface area contributed by atoms with Gasteiger partial charge in [-0.2, -0.15) is 0 Å². The zero-order valence-electron chi connectivity index (χ0n) is 14.1. The van der Waals surface area contributed by atoms with E-state index in [1.165, 1.54) is 5.56 Å². The van der Waals surface area contributed by atoms with Crippen molar-refractivity contribution >= 4 is 11.7 Å². The van der Waals surface area contributed by atoms with Crippen LogP contribution in [0.3, 0.4) is 0 Å². The molecule has 2 heterocycles. The molecule has 1 N–H and O–H groups in total. The van der Waals surface area contributed by atoms with E-state index in [-0.39, 0.29) is 11.9 Å². The monoisotopic (exact) mass is 325 g/mol. The van der Waals surface area contributed by atoms with Crippen molar-refractivity contribution < 1.29 is 4.79 Å². The molecule has 1 atom stereocenters. The Bertz CT molecular complexity index is 666. The third kappa shape index (κ3) is 3.89. The number of benzene rings is 1. The Morgan fingerprint density at radius 3 is 2.38 bits per heavy atom. The Balaban J connectivity index is 1.62. The zero-order valence-corrected chi connectivity index (χ0v) is 14.1. The molecule has 0 radical (unpaired) electrons. The van der Waals surface area contributed by atoms with Crippen molar-refractivity contribution in [1.82, 2.24) is 20.0 Å². The predicted octanol–water partition coefficient (Wildman–Crippen LogP) is 2.04. The van der Waals surface area contributed by atoms with Crippen molar-refractivity contribution in [3.05, 3.63) is 53.7 Å². The van der Waals surface area contributed by atoms with Gasteiger partial charge in [-0.25, -0.2) is 0 Å². The molecule has 1 fully saturated rings. The van der Waals surface area contributed by atoms with Gasteiger partial charge in [0.25, 0.3) is 5.91 Å². The van der Waals surface area contributed by atoms with Crippen LogP contribution in [0.5, 0.6) is 0 Å². The Morgan fingerprint density at radius 1 is 1.04 bits per heavy atom. The van der Waals surface area contributed by atoms with Gasteiger partial charge in [-0.3, -0.25) is 4.79 Å². The second kappa shape index (κ2) is 7.40. The molecule has 3 rings (SSSR count). The number of hydrogen-bond donors (Lipinski definition) is 1. The number of likely N-dealkylation sites (N-methyl/N-ethyl adjacent to an activating group) is 1. The minimum absolute atomic E-state index is 0.0433. The van der Waals surface area contributed by atoms with Crippen molar-refractivity contribution in [2.75, 3.05) is 38.5 Å². The molecule has 6 heteroatoms. The normalized spacial score (nSPS) is 16.7. The van der Waals surface area contributed by atoms with Crippen molar-refractivity contribution in [2.24, 2.45) is 0 Å². The van der Waals surface area contributed by atoms with Crippen molar-refractivity contribution in [2.45, 2.75) is 13.0 Å². The smallest absolute Gasteiger partial charge is 0.274 e. The minimum Gasteiger partial charge on any atom is -0.362 e. The Labute approximate surface area is 142 Å². The van der Waals surface area contributed by atoms with E-state index in [4.69, 9.17) is 0 Å². The van der Waals surface area contributed by atoms with Crippen LogP contribution in [0.4, 0.5) is 5.82 Å². The first-order valence-electron chi connectivity index (χ1n) is 8.26. The van der Waals surface area contributed by atoms with Gasteiger partial charge in [0, 0.05) is 32.2 Å². The molecule has 1 aromatic heterocycles. The molecule has 0 aliphatic carbocycles. The average molecular weight is 325 g/mol. The number of aromatic nitrogens is 2. The summed E-state index contributed by atoms with van der Waals surface area (Å²) in [5, 5.41) is 11.6. The number of anilines is 1. The summed E-state index contributed by atoms with van der Waals surface area (Å²) >= 11 is 0. The van der Waals surface area contributed by atoms with Crippen LogP contribution in [0, 0.1) is 0 Å². The summed E-state index contributed by atoms with van der Waals surface area (Å²) in [6, 6.07) is 13.8. The van der Waals surface area contributed by atoms with Gasteiger partial charge in [0.2, 0.25) is 0 Å². The first-order valence-corrected chi connectivity index (χ1v) is 8.26. The van der Waals surface area contributed by atoms with Crippen LogP contribution in [0.15, 0.2) is 42.5 Å². The molecular formula is C18H23N5O. The summed E-state index contributed by atoms with van der Waals surface area (Å²) in [5.74, 6) is 0.625. The van der Waals surface area contributed by atoms with Crippen LogP contribution in [-0.4, -0.2) is 59.1 Å². The third-order valence-electron chi connectivity index (χ3n) is 4.34. The molecule has 24 heavy (non-hydrogen) atoms. The Hall–Kier alpha value is -2.47. The molecular weight excluding hydrogens is 302 g/mol. The lowest BCUT2D eigenvalue weighted by Gasteiger charge is -2.32. The third-order valence-corrected chi connectivity index (χ3v) is 4.34. The highest BCUT2D eigenvalue weighted by molar-refractivity contribution is 5.92. The van der Waals surface area contributed by atoms with Crippen molar-refractivity contribution in [3.63, 3.8) is 0 Å². The molecule has 6 nitrogen and oxygen atoms in total. The summed E-state index contributed by atoms with van der Waals surface area (Å²) < 4.78 is 0. The lowest BCUT2D eigenvalue weighted by atomic mass is 10.1. The van der Waals surface area contributed by atoms with Gasteiger partial charge in [-0.15, -0.1) is 10.2 Å². The van der Waals surface area contributed by atoms with Crippen molar-refractivity contribution in [1.29, 1.82) is 0 Å². The molecule has 0 saturated carbocycles. The zero-order chi connectivity index (χ0) is 16.9. The number of piperazine rings is 1. The number of carbonyl (C=O) groups excluding carboxylic acids is 1. The molecule has 1 aliphatic heterocycles. The van der Waals surface area contributed by atoms with E-state index >= 15 is 0 Å². The number of rotatable bonds is 4. The Kier molecular flexibility index (Phi) is 5.05. The Morgan fingerprint density at radius 2 is 1.75 bits per heavy atom. The van der Waals surface area contributed by atoms with Crippen LogP contribution in [-0.2, 0) is 0 Å². The number of nitrogens with one attached hydrogen (secondary N) is 1. The van der Waals surface area contributed by atoms with Gasteiger partial charge in [-0.05, 0) is 31.7 Å². The van der Waals surface area contributed by atoms with E-state index in [1.54, 1.807) is 6.07 Å². The summed E-state index contributed by atoms with van der Waals surface area (Å²) in [7, 11) is 2.07. The van der Waals surface area contributed by atoms with Crippen molar-refractivity contribution in [3.8, 4) is 0 Å². The molecule has 0 spiro atoms. The van der Waals surface area contributed by atoms with Crippen LogP contribution >= 0.6 is 0 Å². The van der Waals surface area contributed by atoms with E-state index < -0.39 is 0 Å². The van der Waals surface area contributed by atoms with Crippen LogP contribution in [0.25, 0.3) is 0 Å². The summed E-state index contributed by atoms with van der Waals surface area (Å²) in [4.78, 5) is 16.5. The molecule has 1 amide bonds. The quantitative estimate of drug-likeness (QED) is 0.932. The number of carbonyl (C=O) groups is 1. The van der Waals surface area contributed by atoms with Crippen LogP contribution in [0.1, 0.15) is 29.0 Å². The SMILES string of the molecule is CC(Nc1ccc(C(=O)N2CCN(C)CC2)nn1)c1ccccc1. The second-order valence-corrected chi connectivity index (χ2v) is 6.18. The highest BCUT2D eigenvalue weighted by Gasteiger charge is 2.21. The van der Waals surface area contributed by atoms with Crippen LogP contribution in [0.2, 0.25) is 0 Å². The maximum Gasteiger partial charge on any atom is 0.274 e. The molecule has 1 saturated heterocycles. The van der Waals surface area contributed by atoms with E-state index in [1.807, 2.05) is 29.2 Å². The fourth-order valence-electron chi connectivity index (χ4n) is 2.74. The van der Waals surface area contributed by atoms with Gasteiger partial charge in [-0.1, -0.05) is 30.3 Å². The average Bonchev–Trinajstić information content (AvgIpc) is 2.63. The number of amides is 1. The maximum absolute atomic E-state index is 12.4. The fraction of sp³-hybridized carbons (Fsp3) is 0.389. The van der Waals surface area contributed by atoms with E-state index in [0.29, 0.717) is 11.5 Å². The number of hydrogen-bond acceptors (Lipinski definition) is 5. The lowest BCUT2D eigenvalue weighted by Crippen LogP contribution is -2.47. The number of nitrogens with zero attached hydrogens (tertiary/aromatic N) is 4.